The third kappa shape index (κ3) is 5.33. The molecule has 3 heteroatoms. The number of ether oxygens (including phenoxy) is 1. The van der Waals surface area contributed by atoms with Crippen LogP contribution in [0.1, 0.15) is 25.7 Å². The van der Waals surface area contributed by atoms with Crippen LogP contribution in [0.5, 0.6) is 0 Å². The summed E-state index contributed by atoms with van der Waals surface area (Å²) in [5.74, 6) is 1.27. The predicted octanol–water partition coefficient (Wildman–Crippen LogP) is 2.43. The summed E-state index contributed by atoms with van der Waals surface area (Å²) in [5.41, 5.74) is 0. The van der Waals surface area contributed by atoms with E-state index in [0.29, 0.717) is 12.8 Å². The largest absolute Gasteiger partial charge is 0.393 e. The number of hydrogen-bond donors (Lipinski definition) is 0. The van der Waals surface area contributed by atoms with Crippen LogP contribution in [0.4, 0.5) is 0 Å². The van der Waals surface area contributed by atoms with E-state index in [2.05, 4.69) is 0 Å². The van der Waals surface area contributed by atoms with Crippen LogP contribution >= 0.6 is 0 Å². The number of esters is 2. The van der Waals surface area contributed by atoms with Gasteiger partial charge in [0.25, 0.3) is 0 Å². The van der Waals surface area contributed by atoms with E-state index in [4.69, 9.17) is 4.74 Å². The van der Waals surface area contributed by atoms with Gasteiger partial charge in [0.05, 0.1) is 0 Å². The van der Waals surface area contributed by atoms with E-state index >= 15 is 0 Å². The van der Waals surface area contributed by atoms with Gasteiger partial charge in [0.2, 0.25) is 0 Å². The molecule has 0 unspecified atom stereocenters. The molecular weight excluding hydrogens is 240 g/mol. The third-order valence-corrected chi connectivity index (χ3v) is 2.93. The van der Waals surface area contributed by atoms with E-state index < -0.39 is 11.9 Å². The summed E-state index contributed by atoms with van der Waals surface area (Å²) in [6.45, 7) is 0. The zero-order valence-electron chi connectivity index (χ0n) is 10.7. The highest BCUT2D eigenvalue weighted by atomic mass is 16.6. The smallest absolute Gasteiger partial charge is 0.313 e. The molecule has 2 fully saturated rings. The molecule has 10 radical (unpaired) electrons. The molecule has 2 aliphatic rings. The zero-order valence-corrected chi connectivity index (χ0v) is 10.7. The Kier molecular flexibility index (Phi) is 5.87. The molecule has 0 aromatic rings. The fraction of sp³-hybridized carbons (Fsp3) is 0.250. The first-order valence-corrected chi connectivity index (χ1v) is 6.39. The highest BCUT2D eigenvalue weighted by Gasteiger charge is 2.21. The van der Waals surface area contributed by atoms with Crippen LogP contribution in [-0.4, -0.2) is 11.9 Å². The third-order valence-electron chi connectivity index (χ3n) is 2.93. The van der Waals surface area contributed by atoms with Crippen LogP contribution in [0.25, 0.3) is 0 Å². The quantitative estimate of drug-likeness (QED) is 0.541. The van der Waals surface area contributed by atoms with E-state index in [9.17, 15) is 9.59 Å². The van der Waals surface area contributed by atoms with Crippen molar-refractivity contribution >= 4 is 11.9 Å². The molecule has 0 aromatic carbocycles. The molecule has 2 aliphatic carbocycles. The van der Waals surface area contributed by atoms with Crippen molar-refractivity contribution in [2.75, 3.05) is 0 Å². The van der Waals surface area contributed by atoms with Crippen molar-refractivity contribution < 1.29 is 14.3 Å². The molecule has 0 aliphatic heterocycles. The van der Waals surface area contributed by atoms with Crippen molar-refractivity contribution in [2.45, 2.75) is 25.7 Å². The average molecular weight is 256 g/mol. The molecule has 0 amide bonds. The standard InChI is InChI=1S/C16H16O3/c17-15(11-9-13-5-1-2-6-13)19-16(18)12-10-14-7-3-4-8-14/h1-8H,9-12H2. The number of hydrogen-bond acceptors (Lipinski definition) is 3. The van der Waals surface area contributed by atoms with E-state index in [1.165, 1.54) is 0 Å². The van der Waals surface area contributed by atoms with Gasteiger partial charge >= 0.3 is 11.9 Å². The van der Waals surface area contributed by atoms with Gasteiger partial charge in [0, 0.05) is 12.8 Å². The highest BCUT2D eigenvalue weighted by molar-refractivity contribution is 5.85. The van der Waals surface area contributed by atoms with E-state index in [1.807, 2.05) is 51.4 Å². The van der Waals surface area contributed by atoms with E-state index in [0.717, 1.165) is 11.8 Å². The number of carbonyl (C=O) groups is 2. The van der Waals surface area contributed by atoms with Crippen LogP contribution in [0.2, 0.25) is 0 Å². The van der Waals surface area contributed by atoms with Crippen LogP contribution in [0, 0.1) is 63.2 Å². The highest BCUT2D eigenvalue weighted by Crippen LogP contribution is 2.28. The average Bonchev–Trinajstić information content (AvgIpc) is 3.07. The van der Waals surface area contributed by atoms with Crippen molar-refractivity contribution in [1.82, 2.24) is 0 Å². The molecule has 0 heterocycles. The van der Waals surface area contributed by atoms with Crippen LogP contribution in [0.15, 0.2) is 0 Å². The van der Waals surface area contributed by atoms with Crippen molar-refractivity contribution in [3.8, 4) is 0 Å². The van der Waals surface area contributed by atoms with Gasteiger partial charge < -0.3 is 4.74 Å². The molecule has 0 atom stereocenters. The topological polar surface area (TPSA) is 43.4 Å². The van der Waals surface area contributed by atoms with Crippen molar-refractivity contribution in [2.24, 2.45) is 0 Å². The Balaban J connectivity index is 1.54. The number of rotatable bonds is 6. The van der Waals surface area contributed by atoms with E-state index in [1.54, 1.807) is 0 Å². The lowest BCUT2D eigenvalue weighted by atomic mass is 10.0. The first-order chi connectivity index (χ1) is 9.24. The van der Waals surface area contributed by atoms with Crippen LogP contribution in [-0.2, 0) is 14.3 Å². The monoisotopic (exact) mass is 256 g/mol. The first-order valence-electron chi connectivity index (χ1n) is 6.39. The lowest BCUT2D eigenvalue weighted by Crippen LogP contribution is -2.13. The lowest BCUT2D eigenvalue weighted by molar-refractivity contribution is -0.159. The van der Waals surface area contributed by atoms with Crippen molar-refractivity contribution in [3.63, 3.8) is 0 Å². The normalized spacial score (nSPS) is 20.8. The van der Waals surface area contributed by atoms with Crippen LogP contribution in [0.3, 0.4) is 0 Å². The molecule has 0 spiro atoms. The molecule has 19 heavy (non-hydrogen) atoms. The van der Waals surface area contributed by atoms with Gasteiger partial charge in [-0.1, -0.05) is 0 Å². The summed E-state index contributed by atoms with van der Waals surface area (Å²) in [5, 5.41) is 0. The van der Waals surface area contributed by atoms with Gasteiger partial charge in [-0.3, -0.25) is 9.59 Å². The maximum Gasteiger partial charge on any atom is 0.313 e. The van der Waals surface area contributed by atoms with Gasteiger partial charge in [0.15, 0.2) is 0 Å². The Hall–Kier alpha value is -0.860. The van der Waals surface area contributed by atoms with Gasteiger partial charge in [-0.25, -0.2) is 0 Å². The molecule has 0 aromatic heterocycles. The second-order valence-electron chi connectivity index (χ2n) is 4.43. The number of carbonyl (C=O) groups excluding carboxylic acids is 2. The predicted molar refractivity (Wildman–Crippen MR) is 70.5 cm³/mol. The van der Waals surface area contributed by atoms with E-state index in [-0.39, 0.29) is 12.8 Å². The Morgan fingerprint density at radius 3 is 1.47 bits per heavy atom. The maximum absolute atomic E-state index is 11.5. The summed E-state index contributed by atoms with van der Waals surface area (Å²) in [6, 6.07) is 0. The summed E-state index contributed by atoms with van der Waals surface area (Å²) in [6.07, 6.45) is 17.2. The van der Waals surface area contributed by atoms with Gasteiger partial charge in [-0.2, -0.15) is 0 Å². The SMILES string of the molecule is O=C(CC[C]1[CH][CH][CH][CH]1)OC(=O)CC[C]1[CH][CH][CH][CH]1. The molecule has 2 saturated carbocycles. The van der Waals surface area contributed by atoms with Gasteiger partial charge in [-0.05, 0) is 76.0 Å². The minimum atomic E-state index is -0.450. The molecule has 0 bridgehead atoms. The second-order valence-corrected chi connectivity index (χ2v) is 4.43. The molecular formula is C16H16O3. The fourth-order valence-electron chi connectivity index (χ4n) is 1.88. The minimum Gasteiger partial charge on any atom is -0.393 e. The van der Waals surface area contributed by atoms with Gasteiger partial charge in [-0.15, -0.1) is 0 Å². The van der Waals surface area contributed by atoms with Crippen molar-refractivity contribution in [1.29, 1.82) is 0 Å². The molecule has 0 saturated heterocycles. The van der Waals surface area contributed by atoms with Crippen LogP contribution < -0.4 is 0 Å². The zero-order chi connectivity index (χ0) is 13.5. The minimum absolute atomic E-state index is 0.242. The first kappa shape index (κ1) is 14.5. The Morgan fingerprint density at radius 1 is 0.737 bits per heavy atom. The summed E-state index contributed by atoms with van der Waals surface area (Å²) in [7, 11) is 0. The fourth-order valence-corrected chi connectivity index (χ4v) is 1.88. The van der Waals surface area contributed by atoms with Gasteiger partial charge in [0.1, 0.15) is 0 Å². The molecule has 2 rings (SSSR count). The Bertz CT molecular complexity index is 269. The summed E-state index contributed by atoms with van der Waals surface area (Å²) >= 11 is 0. The molecule has 3 nitrogen and oxygen atoms in total. The summed E-state index contributed by atoms with van der Waals surface area (Å²) < 4.78 is 4.77. The van der Waals surface area contributed by atoms with Crippen molar-refractivity contribution in [3.05, 3.63) is 63.2 Å². The Labute approximate surface area is 116 Å². The molecule has 0 N–H and O–H groups in total. The second kappa shape index (κ2) is 7.66. The Morgan fingerprint density at radius 2 is 1.11 bits per heavy atom. The maximum atomic E-state index is 11.5. The molecule has 98 valence electrons. The lowest BCUT2D eigenvalue weighted by Gasteiger charge is -2.08. The summed E-state index contributed by atoms with van der Waals surface area (Å²) in [4.78, 5) is 22.9.